The molecule has 116 valence electrons. The van der Waals surface area contributed by atoms with E-state index < -0.39 is 0 Å². The van der Waals surface area contributed by atoms with Crippen molar-refractivity contribution < 1.29 is 14.4 Å². The summed E-state index contributed by atoms with van der Waals surface area (Å²) in [6.45, 7) is 0.114. The van der Waals surface area contributed by atoms with Crippen LogP contribution >= 0.6 is 11.6 Å². The van der Waals surface area contributed by atoms with E-state index >= 15 is 0 Å². The summed E-state index contributed by atoms with van der Waals surface area (Å²) in [6.07, 6.45) is 0. The Balaban J connectivity index is 2.08. The number of carbonyl (C=O) groups excluding carboxylic acids is 3. The fraction of sp³-hybridized carbons (Fsp3) is 0.118. The minimum Gasteiger partial charge on any atom is -0.324 e. The number of halogens is 1. The summed E-state index contributed by atoms with van der Waals surface area (Å²) < 4.78 is 0. The van der Waals surface area contributed by atoms with Gasteiger partial charge >= 0.3 is 0 Å². The molecular weight excluding hydrogens is 316 g/mol. The number of nitrogens with one attached hydrogen (secondary N) is 2. The van der Waals surface area contributed by atoms with Crippen molar-refractivity contribution in [2.24, 2.45) is 0 Å². The second kappa shape index (κ2) is 5.95. The number of anilines is 1. The number of ketones is 2. The smallest absolute Gasteiger partial charge is 0.238 e. The molecular formula is C17H13ClN2O3. The summed E-state index contributed by atoms with van der Waals surface area (Å²) in [5.74, 6) is -0.787. The molecule has 23 heavy (non-hydrogen) atoms. The molecule has 5 nitrogen and oxygen atoms in total. The number of hydrogen-bond acceptors (Lipinski definition) is 4. The van der Waals surface area contributed by atoms with Gasteiger partial charge in [-0.1, -0.05) is 35.9 Å². The van der Waals surface area contributed by atoms with Crippen LogP contribution in [0, 0.1) is 0 Å². The Morgan fingerprint density at radius 3 is 2.13 bits per heavy atom. The van der Waals surface area contributed by atoms with Crippen molar-refractivity contribution in [2.45, 2.75) is 0 Å². The summed E-state index contributed by atoms with van der Waals surface area (Å²) in [5.41, 5.74) is 1.54. The molecule has 6 heteroatoms. The summed E-state index contributed by atoms with van der Waals surface area (Å²) in [4.78, 5) is 36.8. The highest BCUT2D eigenvalue weighted by Crippen LogP contribution is 2.33. The van der Waals surface area contributed by atoms with Gasteiger partial charge in [-0.15, -0.1) is 0 Å². The molecule has 0 spiro atoms. The Labute approximate surface area is 137 Å². The summed E-state index contributed by atoms with van der Waals surface area (Å²) in [7, 11) is 1.65. The van der Waals surface area contributed by atoms with Crippen molar-refractivity contribution in [3.05, 3.63) is 63.7 Å². The Kier molecular flexibility index (Phi) is 3.98. The van der Waals surface area contributed by atoms with E-state index in [0.29, 0.717) is 16.8 Å². The summed E-state index contributed by atoms with van der Waals surface area (Å²) >= 11 is 6.15. The second-order valence-corrected chi connectivity index (χ2v) is 5.57. The van der Waals surface area contributed by atoms with Crippen LogP contribution in [0.25, 0.3) is 0 Å². The van der Waals surface area contributed by atoms with E-state index in [9.17, 15) is 14.4 Å². The molecule has 0 fully saturated rings. The summed E-state index contributed by atoms with van der Waals surface area (Å²) in [6, 6.07) is 9.55. The summed E-state index contributed by atoms with van der Waals surface area (Å²) in [5, 5.41) is 5.56. The molecule has 3 rings (SSSR count). The van der Waals surface area contributed by atoms with Gasteiger partial charge in [-0.05, 0) is 19.2 Å². The number of hydrogen-bond donors (Lipinski definition) is 2. The van der Waals surface area contributed by atoms with Gasteiger partial charge in [0.2, 0.25) is 5.91 Å². The average Bonchev–Trinajstić information content (AvgIpc) is 2.54. The van der Waals surface area contributed by atoms with Crippen molar-refractivity contribution in [3.63, 3.8) is 0 Å². The van der Waals surface area contributed by atoms with E-state index in [0.717, 1.165) is 0 Å². The topological polar surface area (TPSA) is 75.3 Å². The molecule has 2 aromatic rings. The number of rotatable bonds is 3. The number of fused-ring (bicyclic) bond motifs is 2. The van der Waals surface area contributed by atoms with Gasteiger partial charge in [0.05, 0.1) is 17.3 Å². The van der Waals surface area contributed by atoms with Crippen LogP contribution in [-0.2, 0) is 4.79 Å². The first-order valence-corrected chi connectivity index (χ1v) is 7.37. The van der Waals surface area contributed by atoms with Crippen molar-refractivity contribution in [1.82, 2.24) is 5.32 Å². The van der Waals surface area contributed by atoms with E-state index in [1.165, 1.54) is 12.1 Å². The fourth-order valence-electron chi connectivity index (χ4n) is 2.57. The lowest BCUT2D eigenvalue weighted by molar-refractivity contribution is -0.115. The lowest BCUT2D eigenvalue weighted by Gasteiger charge is -2.19. The highest BCUT2D eigenvalue weighted by Gasteiger charge is 2.30. The van der Waals surface area contributed by atoms with Crippen LogP contribution in [0.1, 0.15) is 31.8 Å². The quantitative estimate of drug-likeness (QED) is 0.773. The van der Waals surface area contributed by atoms with Gasteiger partial charge in [-0.2, -0.15) is 0 Å². The van der Waals surface area contributed by atoms with Crippen LogP contribution in [-0.4, -0.2) is 31.1 Å². The molecule has 1 aliphatic rings. The molecule has 0 heterocycles. The molecule has 0 atom stereocenters. The number of carbonyl (C=O) groups is 3. The third-order valence-electron chi connectivity index (χ3n) is 3.62. The van der Waals surface area contributed by atoms with Crippen molar-refractivity contribution in [1.29, 1.82) is 0 Å². The maximum Gasteiger partial charge on any atom is 0.238 e. The minimum atomic E-state index is -0.288. The maximum absolute atomic E-state index is 12.6. The van der Waals surface area contributed by atoms with Crippen molar-refractivity contribution >= 4 is 34.8 Å². The van der Waals surface area contributed by atoms with E-state index in [-0.39, 0.29) is 40.2 Å². The predicted octanol–water partition coefficient (Wildman–Crippen LogP) is 2.27. The van der Waals surface area contributed by atoms with Crippen molar-refractivity contribution in [3.8, 4) is 0 Å². The Morgan fingerprint density at radius 2 is 1.57 bits per heavy atom. The zero-order chi connectivity index (χ0) is 16.6. The highest BCUT2D eigenvalue weighted by atomic mass is 35.5. The van der Waals surface area contributed by atoms with Crippen LogP contribution in [0.15, 0.2) is 36.4 Å². The van der Waals surface area contributed by atoms with Crippen LogP contribution < -0.4 is 10.6 Å². The molecule has 1 amide bonds. The van der Waals surface area contributed by atoms with Gasteiger partial charge in [-0.3, -0.25) is 14.4 Å². The second-order valence-electron chi connectivity index (χ2n) is 5.16. The molecule has 0 saturated heterocycles. The van der Waals surface area contributed by atoms with E-state index in [2.05, 4.69) is 10.6 Å². The number of likely N-dealkylation sites (N-methyl/N-ethyl adjacent to an activating group) is 1. The molecule has 0 bridgehead atoms. The van der Waals surface area contributed by atoms with Gasteiger partial charge in [-0.25, -0.2) is 0 Å². The normalized spacial score (nSPS) is 12.6. The van der Waals surface area contributed by atoms with E-state index in [4.69, 9.17) is 11.6 Å². The lowest BCUT2D eigenvalue weighted by Crippen LogP contribution is -2.26. The first-order valence-electron chi connectivity index (χ1n) is 6.99. The van der Waals surface area contributed by atoms with Crippen LogP contribution in [0.4, 0.5) is 5.69 Å². The van der Waals surface area contributed by atoms with Crippen LogP contribution in [0.5, 0.6) is 0 Å². The largest absolute Gasteiger partial charge is 0.324 e. The molecule has 1 aliphatic carbocycles. The van der Waals surface area contributed by atoms with E-state index in [1.807, 2.05) is 0 Å². The zero-order valence-corrected chi connectivity index (χ0v) is 13.0. The third-order valence-corrected chi connectivity index (χ3v) is 3.94. The minimum absolute atomic E-state index is 0.114. The van der Waals surface area contributed by atoms with Gasteiger partial charge in [0, 0.05) is 22.3 Å². The van der Waals surface area contributed by atoms with Crippen LogP contribution in [0.2, 0.25) is 5.02 Å². The molecule has 0 aliphatic heterocycles. The molecule has 2 N–H and O–H groups in total. The first kappa shape index (κ1) is 15.4. The number of amides is 1. The molecule has 0 unspecified atom stereocenters. The third kappa shape index (κ3) is 2.65. The Morgan fingerprint density at radius 1 is 1.00 bits per heavy atom. The zero-order valence-electron chi connectivity index (χ0n) is 12.3. The van der Waals surface area contributed by atoms with Gasteiger partial charge in [0.25, 0.3) is 0 Å². The molecule has 0 saturated carbocycles. The van der Waals surface area contributed by atoms with Gasteiger partial charge < -0.3 is 10.6 Å². The number of benzene rings is 2. The molecule has 0 radical (unpaired) electrons. The molecule has 0 aromatic heterocycles. The monoisotopic (exact) mass is 328 g/mol. The van der Waals surface area contributed by atoms with E-state index in [1.54, 1.807) is 31.3 Å². The average molecular weight is 329 g/mol. The lowest BCUT2D eigenvalue weighted by atomic mass is 9.84. The van der Waals surface area contributed by atoms with Gasteiger partial charge in [0.15, 0.2) is 11.6 Å². The highest BCUT2D eigenvalue weighted by molar-refractivity contribution is 6.36. The fourth-order valence-corrected chi connectivity index (χ4v) is 2.78. The van der Waals surface area contributed by atoms with Crippen molar-refractivity contribution in [2.75, 3.05) is 18.9 Å². The Bertz CT molecular complexity index is 846. The van der Waals surface area contributed by atoms with Crippen LogP contribution in [0.3, 0.4) is 0 Å². The van der Waals surface area contributed by atoms with Gasteiger partial charge in [0.1, 0.15) is 0 Å². The Hall–Kier alpha value is -2.50. The molecule has 2 aromatic carbocycles. The first-order chi connectivity index (χ1) is 11.0. The standard InChI is InChI=1S/C17H13ClN2O3/c1-19-8-15(21)20-14-7-12-11(6-13(14)18)16(22)9-4-2-3-5-10(9)17(12)23/h2-7,19H,8H2,1H3,(H,20,21). The maximum atomic E-state index is 12.6. The SMILES string of the molecule is CNCC(=O)Nc1cc2c(cc1Cl)C(=O)c1ccccc1C2=O. The predicted molar refractivity (Wildman–Crippen MR) is 87.3 cm³/mol.